The lowest BCUT2D eigenvalue weighted by atomic mass is 10.0. The van der Waals surface area contributed by atoms with Crippen molar-refractivity contribution in [2.75, 3.05) is 0 Å². The van der Waals surface area contributed by atoms with Gasteiger partial charge in [0.05, 0.1) is 5.02 Å². The Labute approximate surface area is 188 Å². The number of fused-ring (bicyclic) bond motifs is 4. The molecule has 0 aromatic heterocycles. The summed E-state index contributed by atoms with van der Waals surface area (Å²) >= 11 is 9.96. The minimum absolute atomic E-state index is 0.851. The molecule has 6 rings (SSSR count). The molecule has 0 bridgehead atoms. The largest absolute Gasteiger partial charge is 0.0830 e. The number of halogens is 2. The Morgan fingerprint density at radius 2 is 0.867 bits per heavy atom. The molecule has 0 spiro atoms. The topological polar surface area (TPSA) is 0 Å². The van der Waals surface area contributed by atoms with Crippen LogP contribution in [0.15, 0.2) is 114 Å². The third-order valence-electron chi connectivity index (χ3n) is 5.40. The van der Waals surface area contributed by atoms with Crippen molar-refractivity contribution in [2.24, 2.45) is 0 Å². The first kappa shape index (κ1) is 19.1. The summed E-state index contributed by atoms with van der Waals surface area (Å²) in [6.07, 6.45) is 0. The number of hydrogen-bond donors (Lipinski definition) is 0. The van der Waals surface area contributed by atoms with E-state index in [1.165, 1.54) is 32.3 Å². The van der Waals surface area contributed by atoms with Crippen LogP contribution in [0.25, 0.3) is 43.1 Å². The molecule has 0 nitrogen and oxygen atoms in total. The maximum Gasteiger partial charge on any atom is 0.0562 e. The second-order valence-electron chi connectivity index (χ2n) is 7.29. The molecule has 6 aromatic carbocycles. The normalized spacial score (nSPS) is 11.0. The van der Waals surface area contributed by atoms with Crippen molar-refractivity contribution in [3.05, 3.63) is 119 Å². The van der Waals surface area contributed by atoms with Gasteiger partial charge in [-0.1, -0.05) is 112 Å². The molecule has 0 amide bonds. The summed E-state index contributed by atoms with van der Waals surface area (Å²) in [7, 11) is 0. The smallest absolute Gasteiger partial charge is 0.0562 e. The Morgan fingerprint density at radius 1 is 0.433 bits per heavy atom. The van der Waals surface area contributed by atoms with E-state index in [1.54, 1.807) is 0 Å². The van der Waals surface area contributed by atoms with Crippen LogP contribution in [0, 0.1) is 0 Å². The molecule has 0 saturated carbocycles. The molecule has 0 saturated heterocycles. The molecular formula is C28H18BrCl. The quantitative estimate of drug-likeness (QED) is 0.194. The van der Waals surface area contributed by atoms with Crippen LogP contribution in [-0.2, 0) is 0 Å². The molecule has 0 atom stereocenters. The van der Waals surface area contributed by atoms with Crippen molar-refractivity contribution in [3.63, 3.8) is 0 Å². The van der Waals surface area contributed by atoms with E-state index < -0.39 is 0 Å². The summed E-state index contributed by atoms with van der Waals surface area (Å²) in [6, 6.07) is 37.8. The second kappa shape index (κ2) is 8.10. The zero-order valence-corrected chi connectivity index (χ0v) is 18.5. The van der Waals surface area contributed by atoms with E-state index in [1.807, 2.05) is 24.3 Å². The van der Waals surface area contributed by atoms with E-state index >= 15 is 0 Å². The van der Waals surface area contributed by atoms with Gasteiger partial charge in [0, 0.05) is 15.2 Å². The molecule has 0 aliphatic rings. The van der Waals surface area contributed by atoms with Gasteiger partial charge in [-0.2, -0.15) is 0 Å². The van der Waals surface area contributed by atoms with Gasteiger partial charge in [-0.05, 0) is 56.6 Å². The average Bonchev–Trinajstić information content (AvgIpc) is 2.79. The lowest BCUT2D eigenvalue weighted by molar-refractivity contribution is 1.73. The number of rotatable bonds is 0. The minimum atomic E-state index is 0.851. The highest BCUT2D eigenvalue weighted by Gasteiger charge is 2.03. The third-order valence-corrected chi connectivity index (χ3v) is 6.50. The second-order valence-corrected chi connectivity index (χ2v) is 8.53. The van der Waals surface area contributed by atoms with Gasteiger partial charge < -0.3 is 0 Å². The van der Waals surface area contributed by atoms with Gasteiger partial charge in [0.2, 0.25) is 0 Å². The molecule has 0 aliphatic heterocycles. The summed E-state index contributed by atoms with van der Waals surface area (Å²) < 4.78 is 1.16. The highest BCUT2D eigenvalue weighted by atomic mass is 79.9. The van der Waals surface area contributed by atoms with Crippen molar-refractivity contribution < 1.29 is 0 Å². The van der Waals surface area contributed by atoms with Crippen LogP contribution in [-0.4, -0.2) is 0 Å². The number of hydrogen-bond acceptors (Lipinski definition) is 0. The molecule has 6 aromatic rings. The van der Waals surface area contributed by atoms with Gasteiger partial charge in [0.15, 0.2) is 0 Å². The molecule has 0 N–H and O–H groups in total. The minimum Gasteiger partial charge on any atom is -0.0830 e. The van der Waals surface area contributed by atoms with Crippen molar-refractivity contribution >= 4 is 70.6 Å². The first-order chi connectivity index (χ1) is 14.7. The fourth-order valence-electron chi connectivity index (χ4n) is 3.89. The molecule has 2 heteroatoms. The van der Waals surface area contributed by atoms with Crippen molar-refractivity contribution in [1.29, 1.82) is 0 Å². The Morgan fingerprint density at radius 3 is 1.50 bits per heavy atom. The summed E-state index contributed by atoms with van der Waals surface area (Å²) in [5, 5.41) is 10.6. The monoisotopic (exact) mass is 468 g/mol. The molecule has 0 unspecified atom stereocenters. The van der Waals surface area contributed by atoms with E-state index in [0.29, 0.717) is 0 Å². The van der Waals surface area contributed by atoms with Crippen LogP contribution in [0.4, 0.5) is 0 Å². The van der Waals surface area contributed by atoms with Gasteiger partial charge in [-0.15, -0.1) is 0 Å². The highest BCUT2D eigenvalue weighted by molar-refractivity contribution is 9.10. The highest BCUT2D eigenvalue weighted by Crippen LogP contribution is 2.32. The fourth-order valence-corrected chi connectivity index (χ4v) is 4.73. The lowest BCUT2D eigenvalue weighted by Gasteiger charge is -2.05. The van der Waals surface area contributed by atoms with Gasteiger partial charge in [0.1, 0.15) is 0 Å². The van der Waals surface area contributed by atoms with E-state index in [2.05, 4.69) is 101 Å². The van der Waals surface area contributed by atoms with Crippen LogP contribution in [0.1, 0.15) is 0 Å². The van der Waals surface area contributed by atoms with Crippen molar-refractivity contribution in [2.45, 2.75) is 0 Å². The first-order valence-electron chi connectivity index (χ1n) is 9.84. The van der Waals surface area contributed by atoms with Crippen LogP contribution in [0.2, 0.25) is 5.02 Å². The Balaban J connectivity index is 0.000000128. The zero-order chi connectivity index (χ0) is 20.5. The predicted octanol–water partition coefficient (Wildman–Crippen LogP) is 9.40. The third kappa shape index (κ3) is 3.56. The summed E-state index contributed by atoms with van der Waals surface area (Å²) in [4.78, 5) is 0. The van der Waals surface area contributed by atoms with Crippen molar-refractivity contribution in [3.8, 4) is 0 Å². The van der Waals surface area contributed by atoms with Gasteiger partial charge in [0.25, 0.3) is 0 Å². The predicted molar refractivity (Wildman–Crippen MR) is 136 cm³/mol. The van der Waals surface area contributed by atoms with Crippen molar-refractivity contribution in [1.82, 2.24) is 0 Å². The molecule has 0 radical (unpaired) electrons. The average molecular weight is 470 g/mol. The zero-order valence-electron chi connectivity index (χ0n) is 16.1. The van der Waals surface area contributed by atoms with Crippen LogP contribution >= 0.6 is 27.5 Å². The first-order valence-corrected chi connectivity index (χ1v) is 11.0. The van der Waals surface area contributed by atoms with E-state index in [9.17, 15) is 0 Å². The standard InChI is InChI=1S/C14H9Br.C14H9Cl/c15-14-7-3-6-12-8-10-4-1-2-5-11(10)9-13(12)14;15-14-12-7-3-1-5-10(12)9-11-6-2-4-8-13(11)14/h2*1-9H. The molecule has 144 valence electrons. The van der Waals surface area contributed by atoms with Gasteiger partial charge in [-0.25, -0.2) is 0 Å². The van der Waals surface area contributed by atoms with Gasteiger partial charge in [-0.3, -0.25) is 0 Å². The van der Waals surface area contributed by atoms with Crippen LogP contribution in [0.3, 0.4) is 0 Å². The molecular weight excluding hydrogens is 452 g/mol. The summed E-state index contributed by atoms with van der Waals surface area (Å²) in [5.74, 6) is 0. The maximum atomic E-state index is 6.37. The van der Waals surface area contributed by atoms with E-state index in [0.717, 1.165) is 20.3 Å². The van der Waals surface area contributed by atoms with E-state index in [4.69, 9.17) is 11.6 Å². The number of benzene rings is 6. The molecule has 0 heterocycles. The lowest BCUT2D eigenvalue weighted by Crippen LogP contribution is -1.78. The van der Waals surface area contributed by atoms with Crippen LogP contribution < -0.4 is 0 Å². The maximum absolute atomic E-state index is 6.37. The molecule has 30 heavy (non-hydrogen) atoms. The SMILES string of the molecule is Brc1cccc2cc3ccccc3cc12.Clc1c2ccccc2cc2ccccc12. The van der Waals surface area contributed by atoms with Crippen LogP contribution in [0.5, 0.6) is 0 Å². The van der Waals surface area contributed by atoms with Gasteiger partial charge >= 0.3 is 0 Å². The molecule has 0 aliphatic carbocycles. The Hall–Kier alpha value is -2.87. The molecule has 0 fully saturated rings. The fraction of sp³-hybridized carbons (Fsp3) is 0. The Kier molecular flexibility index (Phi) is 5.16. The summed E-state index contributed by atoms with van der Waals surface area (Å²) in [6.45, 7) is 0. The van der Waals surface area contributed by atoms with E-state index in [-0.39, 0.29) is 0 Å². The Bertz CT molecular complexity index is 1440. The summed E-state index contributed by atoms with van der Waals surface area (Å²) in [5.41, 5.74) is 0.